The minimum Gasteiger partial charge on any atom is -0.481 e. The van der Waals surface area contributed by atoms with Gasteiger partial charge in [-0.3, -0.25) is 4.79 Å². The minimum atomic E-state index is -0.935. The van der Waals surface area contributed by atoms with Crippen LogP contribution in [-0.4, -0.2) is 16.9 Å². The van der Waals surface area contributed by atoms with Gasteiger partial charge in [0.05, 0.1) is 5.78 Å². The van der Waals surface area contributed by atoms with Crippen LogP contribution in [0.25, 0.3) is 0 Å². The van der Waals surface area contributed by atoms with Gasteiger partial charge >= 0.3 is 23.0 Å². The molecule has 1 N–H and O–H groups in total. The number of aliphatic carboxylic acids is 1. The van der Waals surface area contributed by atoms with Gasteiger partial charge in [-0.2, -0.15) is 36.4 Å². The second-order valence-corrected chi connectivity index (χ2v) is 3.45. The number of carbonyl (C=O) groups is 2. The first-order chi connectivity index (χ1) is 8.20. The van der Waals surface area contributed by atoms with Crippen LogP contribution in [-0.2, 0) is 21.9 Å². The van der Waals surface area contributed by atoms with Gasteiger partial charge < -0.3 is 9.90 Å². The summed E-state index contributed by atoms with van der Waals surface area (Å²) in [5.74, 6) is -1.04. The molecular weight excluding hydrogens is 272 g/mol. The Morgan fingerprint density at radius 2 is 1.72 bits per heavy atom. The van der Waals surface area contributed by atoms with Crippen molar-refractivity contribution in [2.45, 2.75) is 12.8 Å². The molecule has 96 valence electrons. The van der Waals surface area contributed by atoms with Crippen molar-refractivity contribution in [3.05, 3.63) is 60.2 Å². The van der Waals surface area contributed by atoms with Crippen LogP contribution in [0.15, 0.2) is 54.6 Å². The molecule has 0 heterocycles. The molecule has 4 heteroatoms. The largest absolute Gasteiger partial charge is 2.00 e. The molecule has 0 bridgehead atoms. The van der Waals surface area contributed by atoms with Crippen LogP contribution in [0.1, 0.15) is 23.2 Å². The van der Waals surface area contributed by atoms with Gasteiger partial charge in [0.25, 0.3) is 0 Å². The van der Waals surface area contributed by atoms with Crippen molar-refractivity contribution in [1.82, 2.24) is 0 Å². The van der Waals surface area contributed by atoms with E-state index in [0.717, 1.165) is 0 Å². The standard InChI is InChI=1S/C9H9O3.C5H5.Fe/c10-8(5-6-9(11)12)7-3-1-2-4-7;1-2-4-5-3-1;/h1-4H,5-6H2,(H,11,12);1-5H;/q2*-1;+2. The van der Waals surface area contributed by atoms with Crippen LogP contribution in [0.4, 0.5) is 0 Å². The first-order valence-corrected chi connectivity index (χ1v) is 5.33. The number of hydrogen-bond donors (Lipinski definition) is 1. The fraction of sp³-hybridized carbons (Fsp3) is 0.143. The number of carbonyl (C=O) groups excluding carboxylic acids is 1. The third kappa shape index (κ3) is 6.84. The van der Waals surface area contributed by atoms with Gasteiger partial charge in [-0.1, -0.05) is 0 Å². The van der Waals surface area contributed by atoms with Crippen molar-refractivity contribution in [1.29, 1.82) is 0 Å². The van der Waals surface area contributed by atoms with Crippen molar-refractivity contribution in [2.24, 2.45) is 0 Å². The number of carboxylic acids is 1. The summed E-state index contributed by atoms with van der Waals surface area (Å²) in [7, 11) is 0. The molecule has 2 rings (SSSR count). The van der Waals surface area contributed by atoms with Crippen LogP contribution < -0.4 is 0 Å². The third-order valence-corrected chi connectivity index (χ3v) is 2.11. The molecule has 0 radical (unpaired) electrons. The van der Waals surface area contributed by atoms with Gasteiger partial charge in [0, 0.05) is 6.42 Å². The van der Waals surface area contributed by atoms with Crippen molar-refractivity contribution in [3.63, 3.8) is 0 Å². The monoisotopic (exact) mass is 286 g/mol. The first-order valence-electron chi connectivity index (χ1n) is 5.33. The van der Waals surface area contributed by atoms with Gasteiger partial charge in [-0.05, 0) is 6.42 Å². The Morgan fingerprint density at radius 1 is 1.06 bits per heavy atom. The molecule has 0 spiro atoms. The van der Waals surface area contributed by atoms with E-state index in [9.17, 15) is 9.59 Å². The zero-order chi connectivity index (χ0) is 12.5. The molecule has 0 atom stereocenters. The zero-order valence-corrected chi connectivity index (χ0v) is 10.8. The average Bonchev–Trinajstić information content (AvgIpc) is 2.99. The molecule has 0 saturated heterocycles. The number of Topliss-reactive ketones (excluding diaryl/α,β-unsaturated/α-hetero) is 1. The van der Waals surface area contributed by atoms with Crippen LogP contribution in [0.5, 0.6) is 0 Å². The molecule has 0 aliphatic heterocycles. The van der Waals surface area contributed by atoms with Crippen molar-refractivity contribution >= 4 is 11.8 Å². The molecule has 0 aliphatic carbocycles. The minimum absolute atomic E-state index is 0. The summed E-state index contributed by atoms with van der Waals surface area (Å²) in [5.41, 5.74) is 0.594. The van der Waals surface area contributed by atoms with Gasteiger partial charge in [0.2, 0.25) is 0 Å². The maximum atomic E-state index is 11.1. The maximum absolute atomic E-state index is 11.1. The van der Waals surface area contributed by atoms with E-state index in [1.807, 2.05) is 30.3 Å². The molecule has 0 unspecified atom stereocenters. The Bertz CT molecular complexity index is 412. The van der Waals surface area contributed by atoms with Gasteiger partial charge in [0.1, 0.15) is 0 Å². The summed E-state index contributed by atoms with van der Waals surface area (Å²) in [6.07, 6.45) is -0.0106. The topological polar surface area (TPSA) is 54.4 Å². The van der Waals surface area contributed by atoms with Crippen LogP contribution in [0.3, 0.4) is 0 Å². The number of carboxylic acid groups (broad SMARTS) is 1. The van der Waals surface area contributed by atoms with E-state index in [2.05, 4.69) is 0 Å². The fourth-order valence-electron chi connectivity index (χ4n) is 1.25. The predicted octanol–water partition coefficient (Wildman–Crippen LogP) is 2.86. The molecule has 3 nitrogen and oxygen atoms in total. The molecule has 0 amide bonds. The van der Waals surface area contributed by atoms with Crippen molar-refractivity contribution in [2.75, 3.05) is 0 Å². The molecule has 2 aromatic carbocycles. The fourth-order valence-corrected chi connectivity index (χ4v) is 1.25. The average molecular weight is 286 g/mol. The molecule has 18 heavy (non-hydrogen) atoms. The van der Waals surface area contributed by atoms with Crippen LogP contribution in [0.2, 0.25) is 0 Å². The molecule has 2 aromatic rings. The second kappa shape index (κ2) is 9.40. The van der Waals surface area contributed by atoms with Gasteiger partial charge in [-0.15, -0.1) is 11.6 Å². The van der Waals surface area contributed by atoms with E-state index in [0.29, 0.717) is 5.56 Å². The quantitative estimate of drug-likeness (QED) is 0.534. The number of ketones is 1. The summed E-state index contributed by atoms with van der Waals surface area (Å²) in [5, 5.41) is 8.31. The molecule has 0 aromatic heterocycles. The zero-order valence-electron chi connectivity index (χ0n) is 9.73. The van der Waals surface area contributed by atoms with Crippen LogP contribution in [0, 0.1) is 0 Å². The Morgan fingerprint density at radius 3 is 2.11 bits per heavy atom. The normalized spacial score (nSPS) is 8.67. The summed E-state index contributed by atoms with van der Waals surface area (Å²) in [6.45, 7) is 0. The van der Waals surface area contributed by atoms with Crippen molar-refractivity contribution < 1.29 is 31.8 Å². The van der Waals surface area contributed by atoms with Gasteiger partial charge in [0.15, 0.2) is 0 Å². The Labute approximate surface area is 117 Å². The Kier molecular flexibility index (Phi) is 8.54. The second-order valence-electron chi connectivity index (χ2n) is 3.45. The molecule has 0 fully saturated rings. The first kappa shape index (κ1) is 16.4. The van der Waals surface area contributed by atoms with Gasteiger partial charge in [-0.25, -0.2) is 12.1 Å². The third-order valence-electron chi connectivity index (χ3n) is 2.11. The van der Waals surface area contributed by atoms with E-state index in [1.165, 1.54) is 0 Å². The summed E-state index contributed by atoms with van der Waals surface area (Å²) in [6, 6.07) is 16.9. The van der Waals surface area contributed by atoms with E-state index >= 15 is 0 Å². The van der Waals surface area contributed by atoms with E-state index in [4.69, 9.17) is 5.11 Å². The molecule has 0 aliphatic rings. The SMILES string of the molecule is O=C(O)CCC(=O)c1ccc[cH-]1.[Fe+2].c1cc[cH-]c1. The maximum Gasteiger partial charge on any atom is 2.00 e. The van der Waals surface area contributed by atoms with E-state index in [-0.39, 0.29) is 35.7 Å². The van der Waals surface area contributed by atoms with Crippen LogP contribution >= 0.6 is 0 Å². The smallest absolute Gasteiger partial charge is 0.481 e. The summed E-state index contributed by atoms with van der Waals surface area (Å²) < 4.78 is 0. The van der Waals surface area contributed by atoms with E-state index < -0.39 is 5.97 Å². The number of rotatable bonds is 4. The summed E-state index contributed by atoms with van der Waals surface area (Å²) in [4.78, 5) is 21.3. The Hall–Kier alpha value is -1.64. The molecule has 0 saturated carbocycles. The molecular formula is C14H14FeO3. The number of hydrogen-bond acceptors (Lipinski definition) is 2. The summed E-state index contributed by atoms with van der Waals surface area (Å²) >= 11 is 0. The predicted molar refractivity (Wildman–Crippen MR) is 65.3 cm³/mol. The Balaban J connectivity index is 0.000000405. The van der Waals surface area contributed by atoms with Crippen molar-refractivity contribution in [3.8, 4) is 0 Å². The van der Waals surface area contributed by atoms with E-state index in [1.54, 1.807) is 24.3 Å².